The van der Waals surface area contributed by atoms with E-state index in [4.69, 9.17) is 4.74 Å². The molecule has 0 spiro atoms. The van der Waals surface area contributed by atoms with Crippen molar-refractivity contribution in [2.45, 2.75) is 6.54 Å². The number of nitrogens with zero attached hydrogens (tertiary/aromatic N) is 1. The Morgan fingerprint density at radius 1 is 1.20 bits per heavy atom. The molecular weight excluding hydrogens is 406 g/mol. The zero-order chi connectivity index (χ0) is 18.0. The molecule has 25 heavy (non-hydrogen) atoms. The van der Waals surface area contributed by atoms with E-state index in [-0.39, 0.29) is 23.4 Å². The highest BCUT2D eigenvalue weighted by molar-refractivity contribution is 9.10. The number of ether oxygens (including phenoxy) is 1. The lowest BCUT2D eigenvalue weighted by molar-refractivity contribution is -0.123. The van der Waals surface area contributed by atoms with Gasteiger partial charge in [-0.25, -0.2) is 0 Å². The summed E-state index contributed by atoms with van der Waals surface area (Å²) in [5, 5.41) is 9.33. The van der Waals surface area contributed by atoms with Crippen LogP contribution in [0.25, 0.3) is 6.08 Å². The summed E-state index contributed by atoms with van der Waals surface area (Å²) in [4.78, 5) is 26.3. The number of phenolic OH excluding ortho intramolecular Hbond substituents is 1. The van der Waals surface area contributed by atoms with E-state index < -0.39 is 0 Å². The maximum absolute atomic E-state index is 12.5. The molecule has 1 heterocycles. The van der Waals surface area contributed by atoms with Gasteiger partial charge >= 0.3 is 0 Å². The third kappa shape index (κ3) is 3.88. The van der Waals surface area contributed by atoms with Crippen molar-refractivity contribution in [3.05, 3.63) is 63.0 Å². The second kappa shape index (κ2) is 7.33. The lowest BCUT2D eigenvalue weighted by Gasteiger charge is -2.12. The highest BCUT2D eigenvalue weighted by atomic mass is 79.9. The van der Waals surface area contributed by atoms with Gasteiger partial charge in [-0.3, -0.25) is 14.5 Å². The number of methoxy groups -OCH3 is 1. The van der Waals surface area contributed by atoms with Crippen LogP contribution < -0.4 is 4.74 Å². The van der Waals surface area contributed by atoms with Crippen LogP contribution in [0.5, 0.6) is 11.5 Å². The van der Waals surface area contributed by atoms with Crippen LogP contribution in [-0.4, -0.2) is 28.3 Å². The van der Waals surface area contributed by atoms with Crippen LogP contribution in [0.15, 0.2) is 51.8 Å². The van der Waals surface area contributed by atoms with Crippen molar-refractivity contribution < 1.29 is 19.4 Å². The molecule has 0 unspecified atom stereocenters. The average Bonchev–Trinajstić information content (AvgIpc) is 2.86. The van der Waals surface area contributed by atoms with Crippen LogP contribution >= 0.6 is 27.7 Å². The molecule has 2 aromatic rings. The summed E-state index contributed by atoms with van der Waals surface area (Å²) in [7, 11) is 1.45. The van der Waals surface area contributed by atoms with Crippen molar-refractivity contribution in [2.75, 3.05) is 7.11 Å². The van der Waals surface area contributed by atoms with Gasteiger partial charge in [-0.1, -0.05) is 34.1 Å². The third-order valence-corrected chi connectivity index (χ3v) is 5.07. The standard InChI is InChI=1S/C18H14BrNO4S/c1-24-15-8-12(4-7-14(15)21)9-16-17(22)20(18(23)25-16)10-11-2-5-13(19)6-3-11/h2-9,21H,10H2,1H3/b16-9-. The molecule has 0 saturated carbocycles. The predicted octanol–water partition coefficient (Wildman–Crippen LogP) is 4.40. The van der Waals surface area contributed by atoms with E-state index in [0.717, 1.165) is 21.8 Å². The molecule has 7 heteroatoms. The van der Waals surface area contributed by atoms with Gasteiger partial charge in [0, 0.05) is 4.47 Å². The summed E-state index contributed by atoms with van der Waals surface area (Å²) in [5.41, 5.74) is 1.54. The quantitative estimate of drug-likeness (QED) is 0.743. The summed E-state index contributed by atoms with van der Waals surface area (Å²) in [6.45, 7) is 0.230. The Balaban J connectivity index is 1.82. The molecule has 1 N–H and O–H groups in total. The summed E-state index contributed by atoms with van der Waals surface area (Å²) in [5.74, 6) is -0.00389. The number of carbonyl (C=O) groups excluding carboxylic acids is 2. The Hall–Kier alpha value is -2.25. The van der Waals surface area contributed by atoms with Gasteiger partial charge in [0.2, 0.25) is 0 Å². The van der Waals surface area contributed by atoms with Gasteiger partial charge in [0.1, 0.15) is 0 Å². The molecular formula is C18H14BrNO4S. The highest BCUT2D eigenvalue weighted by Gasteiger charge is 2.34. The molecule has 1 aliphatic rings. The monoisotopic (exact) mass is 419 g/mol. The van der Waals surface area contributed by atoms with Gasteiger partial charge in [0.15, 0.2) is 11.5 Å². The van der Waals surface area contributed by atoms with Crippen molar-refractivity contribution in [3.8, 4) is 11.5 Å². The van der Waals surface area contributed by atoms with Gasteiger partial charge in [-0.05, 0) is 53.2 Å². The van der Waals surface area contributed by atoms with Crippen LogP contribution in [0.2, 0.25) is 0 Å². The maximum Gasteiger partial charge on any atom is 0.293 e. The first-order valence-corrected chi connectivity index (χ1v) is 8.95. The van der Waals surface area contributed by atoms with Gasteiger partial charge in [0.25, 0.3) is 11.1 Å². The summed E-state index contributed by atoms with van der Waals surface area (Å²) < 4.78 is 5.99. The van der Waals surface area contributed by atoms with E-state index >= 15 is 0 Å². The molecule has 2 amide bonds. The highest BCUT2D eigenvalue weighted by Crippen LogP contribution is 2.35. The molecule has 5 nitrogen and oxygen atoms in total. The molecule has 0 radical (unpaired) electrons. The average molecular weight is 420 g/mol. The summed E-state index contributed by atoms with van der Waals surface area (Å²) >= 11 is 4.26. The Labute approximate surface area is 157 Å². The molecule has 0 aliphatic carbocycles. The number of hydrogen-bond donors (Lipinski definition) is 1. The van der Waals surface area contributed by atoms with Gasteiger partial charge < -0.3 is 9.84 Å². The lowest BCUT2D eigenvalue weighted by atomic mass is 10.1. The van der Waals surface area contributed by atoms with E-state index in [1.54, 1.807) is 18.2 Å². The Kier molecular flexibility index (Phi) is 5.15. The van der Waals surface area contributed by atoms with Crippen LogP contribution in [0, 0.1) is 0 Å². The number of halogens is 1. The smallest absolute Gasteiger partial charge is 0.293 e. The second-order valence-electron chi connectivity index (χ2n) is 5.33. The predicted molar refractivity (Wildman–Crippen MR) is 100 cm³/mol. The van der Waals surface area contributed by atoms with E-state index in [2.05, 4.69) is 15.9 Å². The summed E-state index contributed by atoms with van der Waals surface area (Å²) in [6.07, 6.45) is 1.62. The van der Waals surface area contributed by atoms with E-state index in [1.165, 1.54) is 18.1 Å². The van der Waals surface area contributed by atoms with Crippen LogP contribution in [0.3, 0.4) is 0 Å². The Morgan fingerprint density at radius 3 is 2.60 bits per heavy atom. The van der Waals surface area contributed by atoms with Gasteiger partial charge in [0.05, 0.1) is 18.6 Å². The van der Waals surface area contributed by atoms with E-state index in [1.807, 2.05) is 24.3 Å². The zero-order valence-electron chi connectivity index (χ0n) is 13.2. The van der Waals surface area contributed by atoms with Crippen LogP contribution in [0.1, 0.15) is 11.1 Å². The first kappa shape index (κ1) is 17.6. The fourth-order valence-corrected chi connectivity index (χ4v) is 3.45. The minimum Gasteiger partial charge on any atom is -0.504 e. The summed E-state index contributed by atoms with van der Waals surface area (Å²) in [6, 6.07) is 12.2. The van der Waals surface area contributed by atoms with Crippen molar-refractivity contribution in [1.82, 2.24) is 4.90 Å². The number of hydrogen-bond acceptors (Lipinski definition) is 5. The largest absolute Gasteiger partial charge is 0.504 e. The molecule has 1 aliphatic heterocycles. The Bertz CT molecular complexity index is 864. The van der Waals surface area contributed by atoms with Crippen LogP contribution in [-0.2, 0) is 11.3 Å². The second-order valence-corrected chi connectivity index (χ2v) is 7.23. The number of thioether (sulfide) groups is 1. The minimum atomic E-state index is -0.329. The first-order valence-electron chi connectivity index (χ1n) is 7.35. The SMILES string of the molecule is COc1cc(/C=C2\SC(=O)N(Cc3ccc(Br)cc3)C2=O)ccc1O. The number of aromatic hydroxyl groups is 1. The van der Waals surface area contributed by atoms with E-state index in [9.17, 15) is 14.7 Å². The van der Waals surface area contributed by atoms with Crippen molar-refractivity contribution in [2.24, 2.45) is 0 Å². The number of rotatable bonds is 4. The normalized spacial score (nSPS) is 15.9. The van der Waals surface area contributed by atoms with Gasteiger partial charge in [-0.15, -0.1) is 0 Å². The number of imide groups is 1. The molecule has 0 aromatic heterocycles. The molecule has 1 fully saturated rings. The number of amides is 2. The third-order valence-electron chi connectivity index (χ3n) is 3.63. The number of phenols is 1. The minimum absolute atomic E-state index is 0.0167. The van der Waals surface area contributed by atoms with Crippen molar-refractivity contribution >= 4 is 44.9 Å². The first-order chi connectivity index (χ1) is 12.0. The maximum atomic E-state index is 12.5. The van der Waals surface area contributed by atoms with Crippen molar-refractivity contribution in [1.29, 1.82) is 0 Å². The zero-order valence-corrected chi connectivity index (χ0v) is 15.6. The fraction of sp³-hybridized carbons (Fsp3) is 0.111. The van der Waals surface area contributed by atoms with Crippen LogP contribution in [0.4, 0.5) is 4.79 Å². The van der Waals surface area contributed by atoms with Gasteiger partial charge in [-0.2, -0.15) is 0 Å². The molecule has 1 saturated heterocycles. The number of benzene rings is 2. The number of carbonyl (C=O) groups is 2. The molecule has 128 valence electrons. The fourth-order valence-electron chi connectivity index (χ4n) is 2.34. The molecule has 0 bridgehead atoms. The Morgan fingerprint density at radius 2 is 1.92 bits per heavy atom. The topological polar surface area (TPSA) is 66.8 Å². The van der Waals surface area contributed by atoms with Crippen molar-refractivity contribution in [3.63, 3.8) is 0 Å². The van der Waals surface area contributed by atoms with E-state index in [0.29, 0.717) is 16.2 Å². The molecule has 3 rings (SSSR count). The molecule has 0 atom stereocenters. The molecule has 2 aromatic carbocycles. The lowest BCUT2D eigenvalue weighted by Crippen LogP contribution is -2.27.